The third kappa shape index (κ3) is 6.74. The smallest absolute Gasteiger partial charge is 0.164 e. The highest BCUT2D eigenvalue weighted by Gasteiger charge is 2.21. The van der Waals surface area contributed by atoms with Gasteiger partial charge in [-0.2, -0.15) is 0 Å². The molecule has 0 aliphatic carbocycles. The molecule has 0 aliphatic rings. The molecule has 67 heavy (non-hydrogen) atoms. The topological polar surface area (TPSA) is 43.6 Å². The van der Waals surface area contributed by atoms with Crippen molar-refractivity contribution < 1.29 is 0 Å². The van der Waals surface area contributed by atoms with Crippen LogP contribution in [0.2, 0.25) is 0 Å². The van der Waals surface area contributed by atoms with Crippen LogP contribution in [0.3, 0.4) is 0 Å². The van der Waals surface area contributed by atoms with Gasteiger partial charge in [0.2, 0.25) is 0 Å². The van der Waals surface area contributed by atoms with Crippen LogP contribution in [-0.4, -0.2) is 19.5 Å². The summed E-state index contributed by atoms with van der Waals surface area (Å²) in [4.78, 5) is 15.9. The summed E-state index contributed by atoms with van der Waals surface area (Å²) in [6.45, 7) is 0. The number of fused-ring (bicyclic) bond motifs is 7. The van der Waals surface area contributed by atoms with Crippen LogP contribution < -0.4 is 0 Å². The summed E-state index contributed by atoms with van der Waals surface area (Å²) in [7, 11) is 0. The van der Waals surface area contributed by atoms with Crippen LogP contribution in [0.1, 0.15) is 0 Å². The summed E-state index contributed by atoms with van der Waals surface area (Å²) in [6, 6.07) is 86.7. The molecule has 0 aliphatic heterocycles. The first-order chi connectivity index (χ1) is 33.2. The average molecular weight is 853 g/mol. The summed E-state index contributed by atoms with van der Waals surface area (Å²) < 4.78 is 2.46. The van der Waals surface area contributed by atoms with Crippen molar-refractivity contribution in [3.8, 4) is 73.2 Å². The second-order valence-corrected chi connectivity index (χ2v) is 17.2. The number of benzene rings is 11. The minimum Gasteiger partial charge on any atom is -0.309 e. The van der Waals surface area contributed by atoms with Gasteiger partial charge in [0.05, 0.1) is 16.7 Å². The van der Waals surface area contributed by atoms with Gasteiger partial charge in [-0.1, -0.05) is 200 Å². The molecule has 0 bridgehead atoms. The third-order valence-electron chi connectivity index (χ3n) is 13.2. The number of nitrogens with zero attached hydrogens (tertiary/aromatic N) is 4. The molecule has 2 heterocycles. The quantitative estimate of drug-likeness (QED) is 0.160. The number of aromatic nitrogens is 4. The van der Waals surface area contributed by atoms with Crippen LogP contribution in [0.25, 0.3) is 127 Å². The SMILES string of the molecule is c1ccc(-c2ccc(-c3nc(-c4ccc(-n5c6cc7ccccc7cc6c6c7ccccc7ccc65)c(-c5cccc(-c6ccccc6)c5)c4)nc(-c4cccc5ccccc45)n3)cc2)cc1. The van der Waals surface area contributed by atoms with Crippen molar-refractivity contribution in [3.63, 3.8) is 0 Å². The van der Waals surface area contributed by atoms with E-state index < -0.39 is 0 Å². The molecule has 0 unspecified atom stereocenters. The maximum Gasteiger partial charge on any atom is 0.164 e. The zero-order chi connectivity index (χ0) is 44.3. The molecular weight excluding hydrogens is 813 g/mol. The van der Waals surface area contributed by atoms with E-state index in [9.17, 15) is 0 Å². The van der Waals surface area contributed by atoms with Gasteiger partial charge < -0.3 is 4.57 Å². The monoisotopic (exact) mass is 852 g/mol. The van der Waals surface area contributed by atoms with Gasteiger partial charge in [0, 0.05) is 33.0 Å². The highest BCUT2D eigenvalue weighted by atomic mass is 15.0. The second kappa shape index (κ2) is 15.9. The van der Waals surface area contributed by atoms with Crippen molar-refractivity contribution in [3.05, 3.63) is 243 Å². The summed E-state index contributed by atoms with van der Waals surface area (Å²) in [5.74, 6) is 1.85. The van der Waals surface area contributed by atoms with Crippen LogP contribution in [0.4, 0.5) is 0 Å². The number of hydrogen-bond acceptors (Lipinski definition) is 3. The van der Waals surface area contributed by atoms with Crippen LogP contribution >= 0.6 is 0 Å². The van der Waals surface area contributed by atoms with Gasteiger partial charge in [-0.05, 0) is 103 Å². The van der Waals surface area contributed by atoms with Crippen molar-refractivity contribution in [2.75, 3.05) is 0 Å². The Kier molecular flexibility index (Phi) is 9.14. The molecule has 2 aromatic heterocycles. The Morgan fingerprint density at radius 3 is 1.54 bits per heavy atom. The minimum absolute atomic E-state index is 0.603. The maximum absolute atomic E-state index is 5.35. The van der Waals surface area contributed by atoms with E-state index in [4.69, 9.17) is 15.0 Å². The first-order valence-electron chi connectivity index (χ1n) is 22.8. The Bertz CT molecular complexity index is 4020. The molecule has 0 amide bonds. The lowest BCUT2D eigenvalue weighted by atomic mass is 9.96. The van der Waals surface area contributed by atoms with Gasteiger partial charge in [0.25, 0.3) is 0 Å². The van der Waals surface area contributed by atoms with E-state index in [1.165, 1.54) is 32.3 Å². The molecule has 0 saturated carbocycles. The van der Waals surface area contributed by atoms with Crippen LogP contribution in [0.15, 0.2) is 243 Å². The van der Waals surface area contributed by atoms with E-state index in [1.54, 1.807) is 0 Å². The summed E-state index contributed by atoms with van der Waals surface area (Å²) in [6.07, 6.45) is 0. The van der Waals surface area contributed by atoms with Crippen molar-refractivity contribution in [2.45, 2.75) is 0 Å². The van der Waals surface area contributed by atoms with Crippen molar-refractivity contribution in [1.29, 1.82) is 0 Å². The Balaban J connectivity index is 1.07. The lowest BCUT2D eigenvalue weighted by Gasteiger charge is -2.17. The standard InChI is InChI=1S/C63H40N4/c1-3-15-41(16-4-1)43-29-31-46(32-30-43)61-64-62(66-63(65-61)54-28-14-23-44-19-9-11-26-52(44)54)51-34-35-57(55(39-51)50-25-13-24-47(37-50)42-17-5-2-6-18-42)67-58-36-33-45-20-10-12-27-53(45)60(58)56-38-48-21-7-8-22-49(48)40-59(56)67/h1-40H. The molecule has 312 valence electrons. The fourth-order valence-corrected chi connectivity index (χ4v) is 9.95. The molecule has 0 radical (unpaired) electrons. The highest BCUT2D eigenvalue weighted by molar-refractivity contribution is 6.23. The molecule has 0 fully saturated rings. The van der Waals surface area contributed by atoms with Crippen molar-refractivity contribution in [2.24, 2.45) is 0 Å². The van der Waals surface area contributed by atoms with Crippen LogP contribution in [-0.2, 0) is 0 Å². The average Bonchev–Trinajstić information content (AvgIpc) is 3.73. The van der Waals surface area contributed by atoms with Gasteiger partial charge in [-0.15, -0.1) is 0 Å². The van der Waals surface area contributed by atoms with Crippen LogP contribution in [0.5, 0.6) is 0 Å². The first-order valence-corrected chi connectivity index (χ1v) is 22.8. The predicted molar refractivity (Wildman–Crippen MR) is 279 cm³/mol. The molecule has 0 N–H and O–H groups in total. The summed E-state index contributed by atoms with van der Waals surface area (Å²) in [5.41, 5.74) is 12.9. The molecule has 4 nitrogen and oxygen atoms in total. The molecule has 4 heteroatoms. The fraction of sp³-hybridized carbons (Fsp3) is 0. The van der Waals surface area contributed by atoms with E-state index in [1.807, 2.05) is 6.07 Å². The zero-order valence-electron chi connectivity index (χ0n) is 36.4. The van der Waals surface area contributed by atoms with Crippen LogP contribution in [0, 0.1) is 0 Å². The summed E-state index contributed by atoms with van der Waals surface area (Å²) >= 11 is 0. The normalized spacial score (nSPS) is 11.6. The largest absolute Gasteiger partial charge is 0.309 e. The van der Waals surface area contributed by atoms with E-state index in [2.05, 4.69) is 241 Å². The third-order valence-corrected chi connectivity index (χ3v) is 13.2. The predicted octanol–water partition coefficient (Wildman–Crippen LogP) is 16.4. The Hall–Kier alpha value is -8.99. The Labute approximate surface area is 387 Å². The lowest BCUT2D eigenvalue weighted by molar-refractivity contribution is 1.07. The van der Waals surface area contributed by atoms with E-state index in [0.717, 1.165) is 77.6 Å². The first kappa shape index (κ1) is 38.5. The van der Waals surface area contributed by atoms with Gasteiger partial charge >= 0.3 is 0 Å². The molecule has 13 aromatic rings. The Morgan fingerprint density at radius 1 is 0.254 bits per heavy atom. The second-order valence-electron chi connectivity index (χ2n) is 17.2. The van der Waals surface area contributed by atoms with E-state index in [0.29, 0.717) is 17.5 Å². The van der Waals surface area contributed by atoms with Gasteiger partial charge in [0.1, 0.15) is 0 Å². The Morgan fingerprint density at radius 2 is 0.776 bits per heavy atom. The number of rotatable bonds is 7. The number of hydrogen-bond donors (Lipinski definition) is 0. The fourth-order valence-electron chi connectivity index (χ4n) is 9.95. The molecular formula is C63H40N4. The molecule has 0 spiro atoms. The highest BCUT2D eigenvalue weighted by Crippen LogP contribution is 2.43. The van der Waals surface area contributed by atoms with Crippen molar-refractivity contribution >= 4 is 54.1 Å². The molecule has 11 aromatic carbocycles. The molecule has 13 rings (SSSR count). The maximum atomic E-state index is 5.35. The lowest BCUT2D eigenvalue weighted by Crippen LogP contribution is -2.02. The zero-order valence-corrected chi connectivity index (χ0v) is 36.4. The van der Waals surface area contributed by atoms with E-state index >= 15 is 0 Å². The summed E-state index contributed by atoms with van der Waals surface area (Å²) in [5, 5.41) is 9.55. The molecule has 0 saturated heterocycles. The minimum atomic E-state index is 0.603. The van der Waals surface area contributed by atoms with Gasteiger partial charge in [0.15, 0.2) is 17.5 Å². The molecule has 0 atom stereocenters. The van der Waals surface area contributed by atoms with Gasteiger partial charge in [-0.25, -0.2) is 15.0 Å². The van der Waals surface area contributed by atoms with E-state index in [-0.39, 0.29) is 0 Å². The van der Waals surface area contributed by atoms with Gasteiger partial charge in [-0.3, -0.25) is 0 Å². The van der Waals surface area contributed by atoms with Crippen molar-refractivity contribution in [1.82, 2.24) is 19.5 Å².